The van der Waals surface area contributed by atoms with Gasteiger partial charge in [-0.05, 0) is 17.9 Å². The molecule has 0 saturated carbocycles. The first kappa shape index (κ1) is 8.77. The zero-order valence-corrected chi connectivity index (χ0v) is 8.95. The van der Waals surface area contributed by atoms with Crippen LogP contribution in [0.3, 0.4) is 0 Å². The number of hydrogen-bond acceptors (Lipinski definition) is 4. The Morgan fingerprint density at radius 2 is 2.31 bits per heavy atom. The molecule has 5 heteroatoms. The van der Waals surface area contributed by atoms with Crippen LogP contribution in [-0.4, -0.2) is 9.55 Å². The Labute approximate surface area is 84.4 Å². The average molecular weight is 212 g/mol. The molecule has 0 atom stereocenters. The maximum atomic E-state index is 11.7. The maximum Gasteiger partial charge on any atom is 0.262 e. The molecule has 0 saturated heterocycles. The van der Waals surface area contributed by atoms with Crippen LogP contribution in [-0.2, 0) is 7.05 Å². The van der Waals surface area contributed by atoms with Crippen molar-refractivity contribution in [1.29, 1.82) is 0 Å². The van der Waals surface area contributed by atoms with Crippen molar-refractivity contribution in [2.45, 2.75) is 12.1 Å². The summed E-state index contributed by atoms with van der Waals surface area (Å²) >= 11 is 5.59. The topological polar surface area (TPSA) is 34.9 Å². The van der Waals surface area contributed by atoms with Gasteiger partial charge in [0.2, 0.25) is 0 Å². The second kappa shape index (κ2) is 2.85. The standard InChI is InChI=1S/C8H8N2OS2/c1-4-3-13-6-5(4)7(11)10(2)8(12)9-6/h3H,1-2H3,(H,9,12). The Hall–Kier alpha value is -0.810. The van der Waals surface area contributed by atoms with Gasteiger partial charge in [0, 0.05) is 7.05 Å². The maximum absolute atomic E-state index is 11.7. The number of aryl methyl sites for hydroxylation is 1. The molecule has 0 spiro atoms. The fourth-order valence-electron chi connectivity index (χ4n) is 1.20. The Morgan fingerprint density at radius 3 is 3.00 bits per heavy atom. The summed E-state index contributed by atoms with van der Waals surface area (Å²) in [6.45, 7) is 1.92. The number of fused-ring (bicyclic) bond motifs is 1. The van der Waals surface area contributed by atoms with E-state index < -0.39 is 0 Å². The minimum absolute atomic E-state index is 0.0197. The van der Waals surface area contributed by atoms with Crippen molar-refractivity contribution in [3.05, 3.63) is 21.3 Å². The van der Waals surface area contributed by atoms with E-state index in [0.29, 0.717) is 10.5 Å². The van der Waals surface area contributed by atoms with E-state index in [-0.39, 0.29) is 5.56 Å². The quantitative estimate of drug-likeness (QED) is 0.531. The Morgan fingerprint density at radius 1 is 1.62 bits per heavy atom. The highest BCUT2D eigenvalue weighted by Gasteiger charge is 2.09. The number of hydrogen-bond donors (Lipinski definition) is 1. The minimum atomic E-state index is -0.0197. The SMILES string of the molecule is Cc1csc2nc(S)n(C)c(=O)c12. The monoisotopic (exact) mass is 212 g/mol. The predicted octanol–water partition coefficient (Wildman–Crippen LogP) is 1.59. The second-order valence-corrected chi connectivity index (χ2v) is 4.13. The Balaban J connectivity index is 3.06. The number of thiophene rings is 1. The van der Waals surface area contributed by atoms with Crippen LogP contribution in [0.2, 0.25) is 0 Å². The van der Waals surface area contributed by atoms with Crippen LogP contribution in [0.5, 0.6) is 0 Å². The van der Waals surface area contributed by atoms with Crippen LogP contribution in [0.4, 0.5) is 0 Å². The van der Waals surface area contributed by atoms with Crippen molar-refractivity contribution < 1.29 is 0 Å². The van der Waals surface area contributed by atoms with Gasteiger partial charge in [0.1, 0.15) is 4.83 Å². The van der Waals surface area contributed by atoms with Gasteiger partial charge in [0.05, 0.1) is 5.39 Å². The third-order valence-electron chi connectivity index (χ3n) is 1.98. The second-order valence-electron chi connectivity index (χ2n) is 2.87. The molecule has 2 heterocycles. The highest BCUT2D eigenvalue weighted by atomic mass is 32.1. The van der Waals surface area contributed by atoms with Crippen molar-refractivity contribution in [3.8, 4) is 0 Å². The summed E-state index contributed by atoms with van der Waals surface area (Å²) in [5.74, 6) is 0. The molecule has 68 valence electrons. The molecule has 0 aliphatic heterocycles. The average Bonchev–Trinajstić information content (AvgIpc) is 2.43. The summed E-state index contributed by atoms with van der Waals surface area (Å²) in [7, 11) is 1.67. The third kappa shape index (κ3) is 1.19. The van der Waals surface area contributed by atoms with Gasteiger partial charge in [-0.15, -0.1) is 24.0 Å². The minimum Gasteiger partial charge on any atom is -0.290 e. The van der Waals surface area contributed by atoms with E-state index in [1.165, 1.54) is 15.9 Å². The summed E-state index contributed by atoms with van der Waals surface area (Å²) in [4.78, 5) is 16.7. The summed E-state index contributed by atoms with van der Waals surface area (Å²) in [6, 6.07) is 0. The smallest absolute Gasteiger partial charge is 0.262 e. The van der Waals surface area contributed by atoms with Gasteiger partial charge in [0.25, 0.3) is 5.56 Å². The van der Waals surface area contributed by atoms with Gasteiger partial charge >= 0.3 is 0 Å². The van der Waals surface area contributed by atoms with Crippen molar-refractivity contribution in [3.63, 3.8) is 0 Å². The van der Waals surface area contributed by atoms with Crippen LogP contribution < -0.4 is 5.56 Å². The van der Waals surface area contributed by atoms with Gasteiger partial charge in [0.15, 0.2) is 5.16 Å². The summed E-state index contributed by atoms with van der Waals surface area (Å²) < 4.78 is 1.45. The molecule has 13 heavy (non-hydrogen) atoms. The molecule has 0 aromatic carbocycles. The van der Waals surface area contributed by atoms with Gasteiger partial charge < -0.3 is 0 Å². The fourth-order valence-corrected chi connectivity index (χ4v) is 2.37. The lowest BCUT2D eigenvalue weighted by atomic mass is 10.3. The molecule has 2 rings (SSSR count). The number of nitrogens with zero attached hydrogens (tertiary/aromatic N) is 2. The number of aromatic nitrogens is 2. The van der Waals surface area contributed by atoms with Crippen LogP contribution in [0.15, 0.2) is 15.3 Å². The fraction of sp³-hybridized carbons (Fsp3) is 0.250. The van der Waals surface area contributed by atoms with Gasteiger partial charge in [-0.2, -0.15) is 0 Å². The molecule has 3 nitrogen and oxygen atoms in total. The van der Waals surface area contributed by atoms with Crippen LogP contribution in [0, 0.1) is 6.92 Å². The van der Waals surface area contributed by atoms with Crippen molar-refractivity contribution in [2.75, 3.05) is 0 Å². The first-order chi connectivity index (χ1) is 6.11. The zero-order chi connectivity index (χ0) is 9.59. The lowest BCUT2D eigenvalue weighted by molar-refractivity contribution is 0.731. The van der Waals surface area contributed by atoms with Gasteiger partial charge in [-0.3, -0.25) is 9.36 Å². The number of rotatable bonds is 0. The van der Waals surface area contributed by atoms with E-state index in [2.05, 4.69) is 17.6 Å². The van der Waals surface area contributed by atoms with Gasteiger partial charge in [-0.1, -0.05) is 0 Å². The summed E-state index contributed by atoms with van der Waals surface area (Å²) in [6.07, 6.45) is 0. The molecular formula is C8H8N2OS2. The molecule has 0 aliphatic rings. The van der Waals surface area contributed by atoms with E-state index in [4.69, 9.17) is 0 Å². The molecule has 0 radical (unpaired) electrons. The summed E-state index contributed by atoms with van der Waals surface area (Å²) in [5.41, 5.74) is 0.968. The lowest BCUT2D eigenvalue weighted by Crippen LogP contribution is -2.18. The summed E-state index contributed by atoms with van der Waals surface area (Å²) in [5, 5.41) is 3.11. The molecule has 0 aliphatic carbocycles. The molecule has 0 unspecified atom stereocenters. The van der Waals surface area contributed by atoms with Gasteiger partial charge in [-0.25, -0.2) is 4.98 Å². The first-order valence-electron chi connectivity index (χ1n) is 3.75. The molecule has 0 N–H and O–H groups in total. The zero-order valence-electron chi connectivity index (χ0n) is 7.24. The molecule has 0 amide bonds. The van der Waals surface area contributed by atoms with Crippen molar-refractivity contribution >= 4 is 34.2 Å². The molecular weight excluding hydrogens is 204 g/mol. The van der Waals surface area contributed by atoms with Crippen molar-refractivity contribution in [1.82, 2.24) is 9.55 Å². The van der Waals surface area contributed by atoms with Crippen molar-refractivity contribution in [2.24, 2.45) is 7.05 Å². The molecule has 0 fully saturated rings. The predicted molar refractivity (Wildman–Crippen MR) is 56.9 cm³/mol. The van der Waals surface area contributed by atoms with Crippen LogP contribution in [0.25, 0.3) is 10.2 Å². The van der Waals surface area contributed by atoms with Crippen LogP contribution in [0.1, 0.15) is 5.56 Å². The van der Waals surface area contributed by atoms with E-state index in [1.807, 2.05) is 12.3 Å². The molecule has 0 bridgehead atoms. The Kier molecular flexibility index (Phi) is 1.92. The molecule has 2 aromatic heterocycles. The first-order valence-corrected chi connectivity index (χ1v) is 5.07. The van der Waals surface area contributed by atoms with E-state index >= 15 is 0 Å². The third-order valence-corrected chi connectivity index (χ3v) is 3.37. The number of thiol groups is 1. The Bertz CT molecular complexity index is 527. The van der Waals surface area contributed by atoms with E-state index in [9.17, 15) is 4.79 Å². The highest BCUT2D eigenvalue weighted by Crippen LogP contribution is 2.20. The highest BCUT2D eigenvalue weighted by molar-refractivity contribution is 7.80. The van der Waals surface area contributed by atoms with Crippen LogP contribution >= 0.6 is 24.0 Å². The molecule has 2 aromatic rings. The van der Waals surface area contributed by atoms with E-state index in [0.717, 1.165) is 10.4 Å². The normalized spacial score (nSPS) is 11.0. The van der Waals surface area contributed by atoms with E-state index in [1.54, 1.807) is 7.05 Å². The lowest BCUT2D eigenvalue weighted by Gasteiger charge is -2.00. The largest absolute Gasteiger partial charge is 0.290 e.